The molecule has 1 aliphatic rings. The van der Waals surface area contributed by atoms with Crippen LogP contribution >= 0.6 is 0 Å². The number of likely N-dealkylation sites (N-methyl/N-ethyl adjacent to an activating group) is 1. The van der Waals surface area contributed by atoms with Crippen LogP contribution in [0.2, 0.25) is 0 Å². The smallest absolute Gasteiger partial charge is 0.317 e. The van der Waals surface area contributed by atoms with E-state index in [1.807, 2.05) is 37.3 Å². The normalized spacial score (nSPS) is 15.8. The fraction of sp³-hybridized carbons (Fsp3) is 0.429. The molecule has 0 amide bonds. The summed E-state index contributed by atoms with van der Waals surface area (Å²) in [6, 6.07) is 12.2. The first-order valence-corrected chi connectivity index (χ1v) is 9.49. The number of ether oxygens (including phenoxy) is 1. The molecule has 0 bridgehead atoms. The van der Waals surface area contributed by atoms with Gasteiger partial charge in [-0.05, 0) is 50.7 Å². The molecule has 1 saturated heterocycles. The van der Waals surface area contributed by atoms with Gasteiger partial charge in [-0.3, -0.25) is 19.6 Å². The predicted molar refractivity (Wildman–Crippen MR) is 104 cm³/mol. The van der Waals surface area contributed by atoms with Crippen LogP contribution in [0.5, 0.6) is 11.5 Å². The summed E-state index contributed by atoms with van der Waals surface area (Å²) < 4.78 is 6.01. The van der Waals surface area contributed by atoms with Crippen LogP contribution in [0.4, 0.5) is 0 Å². The minimum Gasteiger partial charge on any atom is -0.480 e. The molecule has 2 aromatic rings. The van der Waals surface area contributed by atoms with Crippen molar-refractivity contribution >= 4 is 5.97 Å². The number of pyridine rings is 1. The largest absolute Gasteiger partial charge is 0.480 e. The number of hydrogen-bond acceptors (Lipinski definition) is 5. The Morgan fingerprint density at radius 1 is 1.26 bits per heavy atom. The fourth-order valence-electron chi connectivity index (χ4n) is 3.62. The molecule has 1 fully saturated rings. The van der Waals surface area contributed by atoms with Crippen LogP contribution in [0.3, 0.4) is 0 Å². The summed E-state index contributed by atoms with van der Waals surface area (Å²) in [5, 5.41) is 9.07. The number of carboxylic acid groups (broad SMARTS) is 1. The van der Waals surface area contributed by atoms with E-state index in [1.165, 1.54) is 0 Å². The van der Waals surface area contributed by atoms with Crippen molar-refractivity contribution in [2.45, 2.75) is 32.4 Å². The second kappa shape index (κ2) is 9.48. The molecule has 0 spiro atoms. The van der Waals surface area contributed by atoms with Crippen LogP contribution in [0.1, 0.15) is 25.3 Å². The van der Waals surface area contributed by atoms with Crippen molar-refractivity contribution in [3.8, 4) is 11.5 Å². The van der Waals surface area contributed by atoms with Gasteiger partial charge in [0.05, 0.1) is 12.7 Å². The lowest BCUT2D eigenvalue weighted by molar-refractivity contribution is -0.139. The van der Waals surface area contributed by atoms with E-state index in [4.69, 9.17) is 9.84 Å². The zero-order valence-corrected chi connectivity index (χ0v) is 15.8. The van der Waals surface area contributed by atoms with Crippen LogP contribution in [-0.4, -0.2) is 58.1 Å². The summed E-state index contributed by atoms with van der Waals surface area (Å²) >= 11 is 0. The Labute approximate surface area is 160 Å². The highest BCUT2D eigenvalue weighted by atomic mass is 16.5. The second-order valence-corrected chi connectivity index (χ2v) is 6.86. The molecule has 1 aliphatic heterocycles. The zero-order chi connectivity index (χ0) is 19.1. The number of aromatic nitrogens is 1. The molecule has 0 unspecified atom stereocenters. The van der Waals surface area contributed by atoms with Crippen molar-refractivity contribution in [3.63, 3.8) is 0 Å². The maximum Gasteiger partial charge on any atom is 0.317 e. The molecule has 1 N–H and O–H groups in total. The minimum atomic E-state index is -0.749. The Morgan fingerprint density at radius 2 is 2.04 bits per heavy atom. The number of nitrogens with zero attached hydrogens (tertiary/aromatic N) is 3. The number of rotatable bonds is 8. The highest BCUT2D eigenvalue weighted by Gasteiger charge is 2.25. The number of piperidine rings is 1. The lowest BCUT2D eigenvalue weighted by Crippen LogP contribution is -2.46. The van der Waals surface area contributed by atoms with Crippen LogP contribution in [0.25, 0.3) is 0 Å². The summed E-state index contributed by atoms with van der Waals surface area (Å²) in [6.07, 6.45) is 5.43. The Morgan fingerprint density at radius 3 is 2.70 bits per heavy atom. The number of carbonyl (C=O) groups is 1. The van der Waals surface area contributed by atoms with Gasteiger partial charge in [-0.2, -0.15) is 0 Å². The van der Waals surface area contributed by atoms with Gasteiger partial charge in [-0.1, -0.05) is 25.1 Å². The highest BCUT2D eigenvalue weighted by Crippen LogP contribution is 2.27. The van der Waals surface area contributed by atoms with Gasteiger partial charge >= 0.3 is 5.97 Å². The van der Waals surface area contributed by atoms with E-state index in [-0.39, 0.29) is 6.54 Å². The van der Waals surface area contributed by atoms with Crippen molar-refractivity contribution in [1.82, 2.24) is 14.8 Å². The highest BCUT2D eigenvalue weighted by molar-refractivity contribution is 5.69. The molecule has 0 saturated carbocycles. The predicted octanol–water partition coefficient (Wildman–Crippen LogP) is 3.24. The molecular formula is C21H27N3O3. The minimum absolute atomic E-state index is 0.128. The van der Waals surface area contributed by atoms with Gasteiger partial charge in [0.1, 0.15) is 11.5 Å². The third-order valence-corrected chi connectivity index (χ3v) is 5.05. The van der Waals surface area contributed by atoms with E-state index in [9.17, 15) is 4.79 Å². The number of aliphatic carboxylic acids is 1. The summed E-state index contributed by atoms with van der Waals surface area (Å²) in [4.78, 5) is 19.6. The van der Waals surface area contributed by atoms with E-state index in [0.29, 0.717) is 6.04 Å². The monoisotopic (exact) mass is 369 g/mol. The van der Waals surface area contributed by atoms with Crippen molar-refractivity contribution in [2.24, 2.45) is 0 Å². The Balaban J connectivity index is 1.58. The Kier molecular flexibility index (Phi) is 6.79. The first kappa shape index (κ1) is 19.3. The molecule has 144 valence electrons. The fourth-order valence-corrected chi connectivity index (χ4v) is 3.62. The first-order chi connectivity index (χ1) is 13.2. The Hall–Kier alpha value is -2.44. The number of hydrogen-bond donors (Lipinski definition) is 1. The van der Waals surface area contributed by atoms with Crippen molar-refractivity contribution in [3.05, 3.63) is 54.4 Å². The van der Waals surface area contributed by atoms with Gasteiger partial charge in [0.2, 0.25) is 0 Å². The summed E-state index contributed by atoms with van der Waals surface area (Å²) in [7, 11) is 0. The van der Waals surface area contributed by atoms with Gasteiger partial charge < -0.3 is 9.84 Å². The maximum absolute atomic E-state index is 11.0. The summed E-state index contributed by atoms with van der Waals surface area (Å²) in [5.41, 5.74) is 1.15. The molecule has 2 heterocycles. The van der Waals surface area contributed by atoms with E-state index in [1.54, 1.807) is 12.4 Å². The van der Waals surface area contributed by atoms with E-state index < -0.39 is 5.97 Å². The third-order valence-electron chi connectivity index (χ3n) is 5.05. The number of likely N-dealkylation sites (tertiary alicyclic amines) is 1. The summed E-state index contributed by atoms with van der Waals surface area (Å²) in [5.74, 6) is 0.838. The van der Waals surface area contributed by atoms with Crippen LogP contribution in [-0.2, 0) is 11.3 Å². The molecule has 3 rings (SSSR count). The van der Waals surface area contributed by atoms with Crippen molar-refractivity contribution in [2.75, 3.05) is 26.2 Å². The molecule has 0 aliphatic carbocycles. The number of carboxylic acids is 1. The van der Waals surface area contributed by atoms with Crippen LogP contribution < -0.4 is 4.74 Å². The van der Waals surface area contributed by atoms with E-state index >= 15 is 0 Å². The average Bonchev–Trinajstić information content (AvgIpc) is 2.69. The van der Waals surface area contributed by atoms with E-state index in [2.05, 4.69) is 20.9 Å². The number of benzene rings is 1. The zero-order valence-electron chi connectivity index (χ0n) is 15.8. The van der Waals surface area contributed by atoms with Crippen LogP contribution in [0.15, 0.2) is 48.8 Å². The topological polar surface area (TPSA) is 65.9 Å². The van der Waals surface area contributed by atoms with E-state index in [0.717, 1.165) is 56.1 Å². The van der Waals surface area contributed by atoms with Crippen molar-refractivity contribution < 1.29 is 14.6 Å². The quantitative estimate of drug-likeness (QED) is 0.771. The second-order valence-electron chi connectivity index (χ2n) is 6.86. The molecule has 1 aromatic carbocycles. The maximum atomic E-state index is 11.0. The van der Waals surface area contributed by atoms with Gasteiger partial charge in [0, 0.05) is 24.3 Å². The molecule has 1 aromatic heterocycles. The molecule has 0 radical (unpaired) electrons. The van der Waals surface area contributed by atoms with Gasteiger partial charge in [-0.25, -0.2) is 0 Å². The molecule has 27 heavy (non-hydrogen) atoms. The lowest BCUT2D eigenvalue weighted by atomic mass is 10.0. The molecule has 6 nitrogen and oxygen atoms in total. The van der Waals surface area contributed by atoms with Gasteiger partial charge in [-0.15, -0.1) is 0 Å². The molecule has 0 atom stereocenters. The first-order valence-electron chi connectivity index (χ1n) is 9.49. The summed E-state index contributed by atoms with van der Waals surface area (Å²) in [6.45, 7) is 5.68. The SMILES string of the molecule is CCN(CC(=O)O)C1CCN(Cc2ccccc2Oc2cccnc2)CC1. The lowest BCUT2D eigenvalue weighted by Gasteiger charge is -2.37. The van der Waals surface area contributed by atoms with Crippen LogP contribution in [0, 0.1) is 0 Å². The average molecular weight is 369 g/mol. The standard InChI is InChI=1S/C21H27N3O3/c1-2-24(16-21(25)26)18-9-12-23(13-10-18)15-17-6-3-4-8-20(17)27-19-7-5-11-22-14-19/h3-8,11,14,18H,2,9-10,12-13,15-16H2,1H3,(H,25,26). The number of para-hydroxylation sites is 1. The van der Waals surface area contributed by atoms with Crippen molar-refractivity contribution in [1.29, 1.82) is 0 Å². The molecular weight excluding hydrogens is 342 g/mol. The van der Waals surface area contributed by atoms with Gasteiger partial charge in [0.15, 0.2) is 0 Å². The third kappa shape index (κ3) is 5.52. The van der Waals surface area contributed by atoms with Gasteiger partial charge in [0.25, 0.3) is 0 Å². The Bertz CT molecular complexity index is 730. The molecule has 6 heteroatoms.